The van der Waals surface area contributed by atoms with Crippen LogP contribution in [0, 0.1) is 0 Å². The Hall–Kier alpha value is -1.55. The van der Waals surface area contributed by atoms with Crippen LogP contribution in [0.3, 0.4) is 0 Å². The molecule has 0 aliphatic heterocycles. The minimum atomic E-state index is -3.64. The van der Waals surface area contributed by atoms with Crippen LogP contribution < -0.4 is 10.5 Å². The highest BCUT2D eigenvalue weighted by Gasteiger charge is 2.18. The minimum absolute atomic E-state index is 0.176. The van der Waals surface area contributed by atoms with E-state index in [2.05, 4.69) is 9.71 Å². The molecule has 0 radical (unpaired) electrons. The fraction of sp³-hybridized carbons (Fsp3) is 0. The van der Waals surface area contributed by atoms with Crippen molar-refractivity contribution in [2.45, 2.75) is 4.21 Å². The molecule has 0 saturated heterocycles. The van der Waals surface area contributed by atoms with Gasteiger partial charge in [-0.3, -0.25) is 4.72 Å². The van der Waals surface area contributed by atoms with E-state index in [9.17, 15) is 8.42 Å². The summed E-state index contributed by atoms with van der Waals surface area (Å²) in [4.78, 5) is 4.91. The minimum Gasteiger partial charge on any atom is -0.389 e. The highest BCUT2D eigenvalue weighted by molar-refractivity contribution is 7.94. The summed E-state index contributed by atoms with van der Waals surface area (Å²) in [6.07, 6.45) is 0. The molecule has 0 atom stereocenters. The summed E-state index contributed by atoms with van der Waals surface area (Å²) >= 11 is 7.34. The third kappa shape index (κ3) is 2.91. The van der Waals surface area contributed by atoms with Gasteiger partial charge in [-0.1, -0.05) is 12.2 Å². The first kappa shape index (κ1) is 14.4. The van der Waals surface area contributed by atoms with Gasteiger partial charge < -0.3 is 5.73 Å². The maximum atomic E-state index is 12.3. The lowest BCUT2D eigenvalue weighted by Crippen LogP contribution is -2.11. The SMILES string of the molecule is NC(=S)c1ccc(S(=O)(=O)Nc2ccc3ncsc3c2)s1. The van der Waals surface area contributed by atoms with Crippen LogP contribution in [0.25, 0.3) is 10.2 Å². The first-order valence-corrected chi connectivity index (χ1v) is 9.30. The quantitative estimate of drug-likeness (QED) is 0.703. The normalized spacial score (nSPS) is 11.6. The van der Waals surface area contributed by atoms with Gasteiger partial charge in [0.05, 0.1) is 26.3 Å². The fourth-order valence-electron chi connectivity index (χ4n) is 1.72. The first-order valence-electron chi connectivity index (χ1n) is 5.71. The lowest BCUT2D eigenvalue weighted by atomic mass is 10.3. The van der Waals surface area contributed by atoms with Gasteiger partial charge in [-0.05, 0) is 30.3 Å². The Balaban J connectivity index is 1.92. The molecule has 9 heteroatoms. The number of nitrogens with two attached hydrogens (primary N) is 1. The van der Waals surface area contributed by atoms with Gasteiger partial charge in [-0.15, -0.1) is 22.7 Å². The van der Waals surface area contributed by atoms with Crippen molar-refractivity contribution >= 4 is 65.8 Å². The number of thiophene rings is 1. The molecular weight excluding hydrogens is 346 g/mol. The predicted molar refractivity (Wildman–Crippen MR) is 90.6 cm³/mol. The molecule has 3 rings (SSSR count). The number of anilines is 1. The Morgan fingerprint density at radius 2 is 2.10 bits per heavy atom. The topological polar surface area (TPSA) is 85.1 Å². The molecule has 0 saturated carbocycles. The smallest absolute Gasteiger partial charge is 0.271 e. The average Bonchev–Trinajstić information content (AvgIpc) is 3.07. The molecular formula is C12H9N3O2S4. The third-order valence-electron chi connectivity index (χ3n) is 2.67. The molecule has 108 valence electrons. The van der Waals surface area contributed by atoms with Crippen molar-refractivity contribution in [3.8, 4) is 0 Å². The number of benzene rings is 1. The van der Waals surface area contributed by atoms with Crippen molar-refractivity contribution in [2.75, 3.05) is 4.72 Å². The first-order chi connectivity index (χ1) is 9.95. The van der Waals surface area contributed by atoms with E-state index in [1.54, 1.807) is 29.8 Å². The van der Waals surface area contributed by atoms with E-state index in [1.807, 2.05) is 0 Å². The second-order valence-electron chi connectivity index (χ2n) is 4.12. The highest BCUT2D eigenvalue weighted by atomic mass is 32.2. The van der Waals surface area contributed by atoms with Gasteiger partial charge in [-0.2, -0.15) is 0 Å². The van der Waals surface area contributed by atoms with E-state index in [0.29, 0.717) is 10.6 Å². The summed E-state index contributed by atoms with van der Waals surface area (Å²) in [6, 6.07) is 8.31. The van der Waals surface area contributed by atoms with Gasteiger partial charge in [-0.25, -0.2) is 13.4 Å². The van der Waals surface area contributed by atoms with Crippen LogP contribution in [-0.4, -0.2) is 18.4 Å². The maximum absolute atomic E-state index is 12.3. The number of fused-ring (bicyclic) bond motifs is 1. The molecule has 0 aliphatic rings. The van der Waals surface area contributed by atoms with Crippen molar-refractivity contribution in [1.82, 2.24) is 4.98 Å². The molecule has 0 amide bonds. The van der Waals surface area contributed by atoms with Crippen molar-refractivity contribution in [3.63, 3.8) is 0 Å². The zero-order valence-corrected chi connectivity index (χ0v) is 13.7. The van der Waals surface area contributed by atoms with E-state index >= 15 is 0 Å². The molecule has 1 aromatic carbocycles. The van der Waals surface area contributed by atoms with Gasteiger partial charge in [0.2, 0.25) is 0 Å². The number of sulfonamides is 1. The second kappa shape index (κ2) is 5.34. The van der Waals surface area contributed by atoms with Crippen LogP contribution in [0.5, 0.6) is 0 Å². The van der Waals surface area contributed by atoms with Crippen LogP contribution in [-0.2, 0) is 10.0 Å². The third-order valence-corrected chi connectivity index (χ3v) is 6.81. The lowest BCUT2D eigenvalue weighted by Gasteiger charge is -2.05. The molecule has 3 N–H and O–H groups in total. The average molecular weight is 355 g/mol. The van der Waals surface area contributed by atoms with Crippen molar-refractivity contribution in [3.05, 3.63) is 40.7 Å². The molecule has 0 bridgehead atoms. The Bertz CT molecular complexity index is 927. The lowest BCUT2D eigenvalue weighted by molar-refractivity contribution is 0.603. The molecule has 0 fully saturated rings. The summed E-state index contributed by atoms with van der Waals surface area (Å²) < 4.78 is 28.3. The van der Waals surface area contributed by atoms with E-state index in [1.165, 1.54) is 17.4 Å². The number of thiocarbonyl (C=S) groups is 1. The van der Waals surface area contributed by atoms with Gasteiger partial charge in [0, 0.05) is 0 Å². The van der Waals surface area contributed by atoms with Crippen LogP contribution in [0.4, 0.5) is 5.69 Å². The number of hydrogen-bond acceptors (Lipinski definition) is 6. The van der Waals surface area contributed by atoms with Crippen molar-refractivity contribution < 1.29 is 8.42 Å². The van der Waals surface area contributed by atoms with Crippen molar-refractivity contribution in [2.24, 2.45) is 5.73 Å². The summed E-state index contributed by atoms with van der Waals surface area (Å²) in [7, 11) is -3.64. The highest BCUT2D eigenvalue weighted by Crippen LogP contribution is 2.26. The van der Waals surface area contributed by atoms with Crippen LogP contribution in [0.15, 0.2) is 40.1 Å². The van der Waals surface area contributed by atoms with Gasteiger partial charge in [0.15, 0.2) is 0 Å². The second-order valence-corrected chi connectivity index (χ2v) is 8.44. The molecule has 3 aromatic rings. The summed E-state index contributed by atoms with van der Waals surface area (Å²) in [5.74, 6) is 0. The Kier molecular flexibility index (Phi) is 3.66. The molecule has 0 unspecified atom stereocenters. The predicted octanol–water partition coefficient (Wildman–Crippen LogP) is 2.79. The number of nitrogens with zero attached hydrogens (tertiary/aromatic N) is 1. The van der Waals surface area contributed by atoms with Crippen LogP contribution >= 0.6 is 34.9 Å². The van der Waals surface area contributed by atoms with Crippen LogP contribution in [0.1, 0.15) is 4.88 Å². The van der Waals surface area contributed by atoms with Gasteiger partial charge in [0.1, 0.15) is 9.20 Å². The summed E-state index contributed by atoms with van der Waals surface area (Å²) in [5.41, 5.74) is 8.55. The van der Waals surface area contributed by atoms with Crippen LogP contribution in [0.2, 0.25) is 0 Å². The monoisotopic (exact) mass is 355 g/mol. The van der Waals surface area contributed by atoms with Crippen molar-refractivity contribution in [1.29, 1.82) is 0 Å². The molecule has 2 aromatic heterocycles. The number of hydrogen-bond donors (Lipinski definition) is 2. The molecule has 21 heavy (non-hydrogen) atoms. The maximum Gasteiger partial charge on any atom is 0.271 e. The van der Waals surface area contributed by atoms with E-state index in [0.717, 1.165) is 21.6 Å². The van der Waals surface area contributed by atoms with E-state index in [4.69, 9.17) is 18.0 Å². The van der Waals surface area contributed by atoms with Gasteiger partial charge in [0.25, 0.3) is 10.0 Å². The number of rotatable bonds is 4. The zero-order chi connectivity index (χ0) is 15.0. The molecule has 0 spiro atoms. The zero-order valence-electron chi connectivity index (χ0n) is 10.4. The summed E-state index contributed by atoms with van der Waals surface area (Å²) in [6.45, 7) is 0. The Labute approximate surface area is 134 Å². The van der Waals surface area contributed by atoms with E-state index in [-0.39, 0.29) is 9.20 Å². The number of nitrogens with one attached hydrogen (secondary N) is 1. The number of thiazole rings is 1. The standard InChI is InChI=1S/C12H9N3O2S4/c13-12(18)9-3-4-11(20-9)21(16,17)15-7-1-2-8-10(5-7)19-6-14-8/h1-6,15H,(H2,13,18). The van der Waals surface area contributed by atoms with Gasteiger partial charge >= 0.3 is 0 Å². The Morgan fingerprint density at radius 1 is 1.29 bits per heavy atom. The summed E-state index contributed by atoms with van der Waals surface area (Å²) in [5, 5.41) is 0. The van der Waals surface area contributed by atoms with E-state index < -0.39 is 10.0 Å². The number of aromatic nitrogens is 1. The largest absolute Gasteiger partial charge is 0.389 e. The molecule has 2 heterocycles. The Morgan fingerprint density at radius 3 is 2.81 bits per heavy atom. The molecule has 0 aliphatic carbocycles. The molecule has 5 nitrogen and oxygen atoms in total. The fourth-order valence-corrected chi connectivity index (χ4v) is 4.84.